The molecule has 1 saturated heterocycles. The quantitative estimate of drug-likeness (QED) is 0.659. The number of carbonyl (C=O) groups is 2. The lowest BCUT2D eigenvalue weighted by atomic mass is 10.1. The first kappa shape index (κ1) is 17.2. The summed E-state index contributed by atoms with van der Waals surface area (Å²) in [5.41, 5.74) is 1.89. The van der Waals surface area contributed by atoms with Crippen molar-refractivity contribution in [3.63, 3.8) is 0 Å². The summed E-state index contributed by atoms with van der Waals surface area (Å²) in [7, 11) is 0. The van der Waals surface area contributed by atoms with Gasteiger partial charge in [-0.05, 0) is 37.3 Å². The molecule has 1 fully saturated rings. The summed E-state index contributed by atoms with van der Waals surface area (Å²) in [6.07, 6.45) is 0.121. The van der Waals surface area contributed by atoms with Crippen LogP contribution in [0, 0.1) is 11.7 Å². The van der Waals surface area contributed by atoms with Gasteiger partial charge in [0.1, 0.15) is 11.3 Å². The van der Waals surface area contributed by atoms with Crippen LogP contribution in [0.25, 0.3) is 22.6 Å². The normalized spacial score (nSPS) is 16.9. The van der Waals surface area contributed by atoms with Crippen LogP contribution in [0.4, 0.5) is 10.1 Å². The molecule has 0 N–H and O–H groups in total. The molecule has 1 atom stereocenters. The van der Waals surface area contributed by atoms with Crippen LogP contribution < -0.4 is 4.90 Å². The molecule has 0 saturated carbocycles. The van der Waals surface area contributed by atoms with Gasteiger partial charge in [0, 0.05) is 18.7 Å². The van der Waals surface area contributed by atoms with Gasteiger partial charge in [-0.2, -0.15) is 0 Å². The number of esters is 1. The topological polar surface area (TPSA) is 72.6 Å². The smallest absolute Gasteiger partial charge is 0.311 e. The molecule has 4 rings (SSSR count). The van der Waals surface area contributed by atoms with Crippen LogP contribution in [0.1, 0.15) is 13.3 Å². The fraction of sp³-hybridized carbons (Fsp3) is 0.250. The number of fused-ring (bicyclic) bond motifs is 1. The first-order valence-electron chi connectivity index (χ1n) is 8.69. The molecule has 3 aromatic rings. The minimum absolute atomic E-state index is 0.121. The van der Waals surface area contributed by atoms with Gasteiger partial charge < -0.3 is 14.1 Å². The molecule has 0 spiro atoms. The van der Waals surface area contributed by atoms with E-state index in [0.717, 1.165) is 0 Å². The molecule has 1 unspecified atom stereocenters. The summed E-state index contributed by atoms with van der Waals surface area (Å²) >= 11 is 0. The van der Waals surface area contributed by atoms with Gasteiger partial charge in [-0.15, -0.1) is 0 Å². The molecule has 2 heterocycles. The second-order valence-electron chi connectivity index (χ2n) is 6.31. The largest absolute Gasteiger partial charge is 0.466 e. The van der Waals surface area contributed by atoms with E-state index in [9.17, 15) is 14.0 Å². The number of benzene rings is 2. The molecule has 7 heteroatoms. The number of carbonyl (C=O) groups excluding carboxylic acids is 2. The Morgan fingerprint density at radius 3 is 2.93 bits per heavy atom. The number of ether oxygens (including phenoxy) is 1. The molecule has 0 aliphatic carbocycles. The van der Waals surface area contributed by atoms with Crippen molar-refractivity contribution in [2.75, 3.05) is 18.1 Å². The number of hydrogen-bond donors (Lipinski definition) is 0. The van der Waals surface area contributed by atoms with E-state index in [0.29, 0.717) is 16.8 Å². The highest BCUT2D eigenvalue weighted by atomic mass is 19.1. The Morgan fingerprint density at radius 1 is 1.33 bits per heavy atom. The van der Waals surface area contributed by atoms with E-state index >= 15 is 0 Å². The molecule has 138 valence electrons. The van der Waals surface area contributed by atoms with E-state index in [1.165, 1.54) is 6.07 Å². The highest BCUT2D eigenvalue weighted by Crippen LogP contribution is 2.31. The number of hydrogen-bond acceptors (Lipinski definition) is 5. The zero-order chi connectivity index (χ0) is 19.0. The highest BCUT2D eigenvalue weighted by Gasteiger charge is 2.36. The summed E-state index contributed by atoms with van der Waals surface area (Å²) in [4.78, 5) is 30.1. The molecule has 6 nitrogen and oxygen atoms in total. The van der Waals surface area contributed by atoms with Gasteiger partial charge in [-0.3, -0.25) is 9.59 Å². The van der Waals surface area contributed by atoms with Gasteiger partial charge >= 0.3 is 5.97 Å². The average Bonchev–Trinajstić information content (AvgIpc) is 3.25. The van der Waals surface area contributed by atoms with Crippen molar-refractivity contribution in [1.82, 2.24) is 4.98 Å². The predicted molar refractivity (Wildman–Crippen MR) is 96.5 cm³/mol. The molecule has 1 amide bonds. The standard InChI is InChI=1S/C20H17FN2O4/c1-2-26-20(25)12-9-18(24)23(11-12)13-7-8-17-16(10-13)22-19(27-17)14-5-3-4-6-15(14)21/h3-8,10,12H,2,9,11H2,1H3. The van der Waals surface area contributed by atoms with Gasteiger partial charge in [-0.1, -0.05) is 12.1 Å². The zero-order valence-electron chi connectivity index (χ0n) is 14.6. The third kappa shape index (κ3) is 3.16. The van der Waals surface area contributed by atoms with Crippen LogP contribution >= 0.6 is 0 Å². The third-order valence-electron chi connectivity index (χ3n) is 4.53. The van der Waals surface area contributed by atoms with Gasteiger partial charge in [-0.25, -0.2) is 9.37 Å². The summed E-state index contributed by atoms with van der Waals surface area (Å²) < 4.78 is 24.6. The van der Waals surface area contributed by atoms with Crippen LogP contribution in [-0.2, 0) is 14.3 Å². The number of rotatable bonds is 4. The molecule has 1 aliphatic rings. The summed E-state index contributed by atoms with van der Waals surface area (Å²) in [6.45, 7) is 2.28. The Bertz CT molecular complexity index is 1030. The monoisotopic (exact) mass is 368 g/mol. The summed E-state index contributed by atoms with van der Waals surface area (Å²) in [6, 6.07) is 11.4. The van der Waals surface area contributed by atoms with Crippen molar-refractivity contribution in [3.8, 4) is 11.5 Å². The minimum atomic E-state index is -0.473. The van der Waals surface area contributed by atoms with Gasteiger partial charge in [0.25, 0.3) is 0 Å². The molecule has 0 radical (unpaired) electrons. The van der Waals surface area contributed by atoms with Crippen LogP contribution in [0.2, 0.25) is 0 Å². The van der Waals surface area contributed by atoms with Crippen LogP contribution in [0.15, 0.2) is 46.9 Å². The number of oxazole rings is 1. The maximum absolute atomic E-state index is 14.0. The van der Waals surface area contributed by atoms with Crippen LogP contribution in [0.5, 0.6) is 0 Å². The van der Waals surface area contributed by atoms with Crippen molar-refractivity contribution < 1.29 is 23.1 Å². The zero-order valence-corrected chi connectivity index (χ0v) is 14.6. The van der Waals surface area contributed by atoms with E-state index in [1.54, 1.807) is 48.2 Å². The molecule has 2 aromatic carbocycles. The van der Waals surface area contributed by atoms with E-state index in [-0.39, 0.29) is 42.9 Å². The highest BCUT2D eigenvalue weighted by molar-refractivity contribution is 6.00. The Kier molecular flexibility index (Phi) is 4.35. The lowest BCUT2D eigenvalue weighted by molar-refractivity contribution is -0.147. The van der Waals surface area contributed by atoms with Gasteiger partial charge in [0.05, 0.1) is 18.1 Å². The molecular weight excluding hydrogens is 351 g/mol. The van der Waals surface area contributed by atoms with E-state index in [1.807, 2.05) is 0 Å². The third-order valence-corrected chi connectivity index (χ3v) is 4.53. The molecule has 27 heavy (non-hydrogen) atoms. The van der Waals surface area contributed by atoms with E-state index in [2.05, 4.69) is 4.98 Å². The molecule has 1 aromatic heterocycles. The summed E-state index contributed by atoms with van der Waals surface area (Å²) in [5.74, 6) is -1.23. The van der Waals surface area contributed by atoms with E-state index < -0.39 is 11.7 Å². The number of nitrogens with zero attached hydrogens (tertiary/aromatic N) is 2. The Labute approximate surface area is 154 Å². The SMILES string of the molecule is CCOC(=O)C1CC(=O)N(c2ccc3oc(-c4ccccc4F)nc3c2)C1. The van der Waals surface area contributed by atoms with E-state index in [4.69, 9.17) is 9.15 Å². The second-order valence-corrected chi connectivity index (χ2v) is 6.31. The summed E-state index contributed by atoms with van der Waals surface area (Å²) in [5, 5.41) is 0. The first-order chi connectivity index (χ1) is 13.1. The lowest BCUT2D eigenvalue weighted by Gasteiger charge is -2.16. The van der Waals surface area contributed by atoms with Crippen molar-refractivity contribution >= 4 is 28.7 Å². The maximum atomic E-state index is 14.0. The number of amides is 1. The van der Waals surface area contributed by atoms with Crippen LogP contribution in [-0.4, -0.2) is 30.0 Å². The molecular formula is C20H17FN2O4. The number of aromatic nitrogens is 1. The average molecular weight is 368 g/mol. The van der Waals surface area contributed by atoms with Gasteiger partial charge in [0.15, 0.2) is 5.58 Å². The number of anilines is 1. The Hall–Kier alpha value is -3.22. The van der Waals surface area contributed by atoms with Crippen molar-refractivity contribution in [2.24, 2.45) is 5.92 Å². The van der Waals surface area contributed by atoms with Gasteiger partial charge in [0.2, 0.25) is 11.8 Å². The minimum Gasteiger partial charge on any atom is -0.466 e. The van der Waals surface area contributed by atoms with Crippen molar-refractivity contribution in [3.05, 3.63) is 48.3 Å². The Morgan fingerprint density at radius 2 is 2.15 bits per heavy atom. The molecule has 0 bridgehead atoms. The van der Waals surface area contributed by atoms with Crippen molar-refractivity contribution in [1.29, 1.82) is 0 Å². The number of halogens is 1. The maximum Gasteiger partial charge on any atom is 0.311 e. The Balaban J connectivity index is 1.63. The fourth-order valence-corrected chi connectivity index (χ4v) is 3.21. The second kappa shape index (κ2) is 6.83. The first-order valence-corrected chi connectivity index (χ1v) is 8.69. The van der Waals surface area contributed by atoms with Crippen molar-refractivity contribution in [2.45, 2.75) is 13.3 Å². The lowest BCUT2D eigenvalue weighted by Crippen LogP contribution is -2.26. The van der Waals surface area contributed by atoms with Crippen LogP contribution in [0.3, 0.4) is 0 Å². The molecule has 1 aliphatic heterocycles. The predicted octanol–water partition coefficient (Wildman–Crippen LogP) is 3.55. The fourth-order valence-electron chi connectivity index (χ4n) is 3.21.